The Hall–Kier alpha value is -1.05. The zero-order valence-electron chi connectivity index (χ0n) is 10.2. The van der Waals surface area contributed by atoms with Gasteiger partial charge >= 0.3 is 5.97 Å². The number of ether oxygens (including phenoxy) is 1. The molecule has 1 aliphatic carbocycles. The van der Waals surface area contributed by atoms with Crippen molar-refractivity contribution in [3.8, 4) is 0 Å². The maximum atomic E-state index is 10.9. The first-order valence-corrected chi connectivity index (χ1v) is 6.33. The number of esters is 1. The number of hydrogen-bond acceptors (Lipinski definition) is 2. The Kier molecular flexibility index (Phi) is 6.62. The van der Waals surface area contributed by atoms with Crippen molar-refractivity contribution < 1.29 is 9.53 Å². The van der Waals surface area contributed by atoms with Crippen molar-refractivity contribution in [3.63, 3.8) is 0 Å². The van der Waals surface area contributed by atoms with E-state index in [1.54, 1.807) is 0 Å². The Balaban J connectivity index is 2.50. The SMILES string of the molecule is CC(=O)OC1=CC=CCCCCCCCC1. The van der Waals surface area contributed by atoms with E-state index in [0.717, 1.165) is 25.0 Å². The molecule has 0 unspecified atom stereocenters. The molecule has 0 aromatic carbocycles. The van der Waals surface area contributed by atoms with E-state index in [2.05, 4.69) is 6.08 Å². The van der Waals surface area contributed by atoms with Gasteiger partial charge in [0.2, 0.25) is 0 Å². The lowest BCUT2D eigenvalue weighted by Gasteiger charge is -2.07. The third-order valence-electron chi connectivity index (χ3n) is 2.74. The third-order valence-corrected chi connectivity index (χ3v) is 2.74. The van der Waals surface area contributed by atoms with Crippen molar-refractivity contribution in [1.82, 2.24) is 0 Å². The van der Waals surface area contributed by atoms with Crippen molar-refractivity contribution in [2.75, 3.05) is 0 Å². The van der Waals surface area contributed by atoms with Crippen molar-refractivity contribution in [2.45, 2.75) is 58.3 Å². The Morgan fingerprint density at radius 3 is 2.56 bits per heavy atom. The van der Waals surface area contributed by atoms with E-state index < -0.39 is 0 Å². The van der Waals surface area contributed by atoms with Gasteiger partial charge in [-0.2, -0.15) is 0 Å². The normalized spacial score (nSPS) is 19.2. The van der Waals surface area contributed by atoms with Gasteiger partial charge in [-0.1, -0.05) is 37.8 Å². The molecule has 0 N–H and O–H groups in total. The van der Waals surface area contributed by atoms with Crippen LogP contribution in [0.3, 0.4) is 0 Å². The quantitative estimate of drug-likeness (QED) is 0.624. The van der Waals surface area contributed by atoms with E-state index in [0.29, 0.717) is 0 Å². The summed E-state index contributed by atoms with van der Waals surface area (Å²) >= 11 is 0. The van der Waals surface area contributed by atoms with Crippen LogP contribution in [0.2, 0.25) is 0 Å². The summed E-state index contributed by atoms with van der Waals surface area (Å²) in [6.07, 6.45) is 15.7. The van der Waals surface area contributed by atoms with Gasteiger partial charge in [-0.3, -0.25) is 4.79 Å². The summed E-state index contributed by atoms with van der Waals surface area (Å²) in [5, 5.41) is 0. The van der Waals surface area contributed by atoms with Crippen LogP contribution >= 0.6 is 0 Å². The van der Waals surface area contributed by atoms with Crippen molar-refractivity contribution in [3.05, 3.63) is 24.0 Å². The van der Waals surface area contributed by atoms with Gasteiger partial charge in [0.25, 0.3) is 0 Å². The highest BCUT2D eigenvalue weighted by atomic mass is 16.5. The first-order chi connectivity index (χ1) is 7.79. The van der Waals surface area contributed by atoms with Crippen molar-refractivity contribution in [1.29, 1.82) is 0 Å². The van der Waals surface area contributed by atoms with Crippen molar-refractivity contribution in [2.24, 2.45) is 0 Å². The number of rotatable bonds is 1. The monoisotopic (exact) mass is 222 g/mol. The molecule has 0 aliphatic heterocycles. The fourth-order valence-corrected chi connectivity index (χ4v) is 1.89. The van der Waals surface area contributed by atoms with Gasteiger partial charge < -0.3 is 4.74 Å². The average Bonchev–Trinajstić information content (AvgIpc) is 2.21. The molecule has 0 bridgehead atoms. The maximum absolute atomic E-state index is 10.9. The second-order valence-corrected chi connectivity index (χ2v) is 4.31. The number of carbonyl (C=O) groups is 1. The van der Waals surface area contributed by atoms with Crippen LogP contribution in [0.1, 0.15) is 58.3 Å². The van der Waals surface area contributed by atoms with Crippen LogP contribution in [0.25, 0.3) is 0 Å². The van der Waals surface area contributed by atoms with E-state index in [4.69, 9.17) is 4.74 Å². The summed E-state index contributed by atoms with van der Waals surface area (Å²) < 4.78 is 5.17. The molecule has 0 atom stereocenters. The molecule has 0 heterocycles. The van der Waals surface area contributed by atoms with Gasteiger partial charge in [-0.05, 0) is 25.3 Å². The predicted octanol–water partition coefficient (Wildman–Crippen LogP) is 4.12. The standard InChI is InChI=1S/C14H22O2/c1-13(15)16-14-11-9-7-5-3-2-4-6-8-10-12-14/h7,9,11H,2-6,8,10,12H2,1H3. The highest BCUT2D eigenvalue weighted by Gasteiger charge is 2.02. The van der Waals surface area contributed by atoms with Crippen LogP contribution in [0.5, 0.6) is 0 Å². The number of allylic oxidation sites excluding steroid dienone is 4. The van der Waals surface area contributed by atoms with Gasteiger partial charge in [-0.15, -0.1) is 0 Å². The fourth-order valence-electron chi connectivity index (χ4n) is 1.89. The van der Waals surface area contributed by atoms with Crippen LogP contribution < -0.4 is 0 Å². The molecule has 0 aromatic rings. The second-order valence-electron chi connectivity index (χ2n) is 4.31. The molecule has 16 heavy (non-hydrogen) atoms. The topological polar surface area (TPSA) is 26.3 Å². The van der Waals surface area contributed by atoms with Gasteiger partial charge in [-0.25, -0.2) is 0 Å². The van der Waals surface area contributed by atoms with E-state index in [1.807, 2.05) is 12.2 Å². The molecule has 0 saturated heterocycles. The summed E-state index contributed by atoms with van der Waals surface area (Å²) in [6, 6.07) is 0. The Morgan fingerprint density at radius 1 is 1.12 bits per heavy atom. The van der Waals surface area contributed by atoms with E-state index >= 15 is 0 Å². The van der Waals surface area contributed by atoms with Gasteiger partial charge in [0.05, 0.1) is 0 Å². The number of hydrogen-bond donors (Lipinski definition) is 0. The van der Waals surface area contributed by atoms with E-state index in [1.165, 1.54) is 39.0 Å². The van der Waals surface area contributed by atoms with Crippen LogP contribution in [-0.4, -0.2) is 5.97 Å². The molecule has 1 rings (SSSR count). The zero-order valence-corrected chi connectivity index (χ0v) is 10.2. The largest absolute Gasteiger partial charge is 0.431 e. The lowest BCUT2D eigenvalue weighted by Crippen LogP contribution is -1.99. The fraction of sp³-hybridized carbons (Fsp3) is 0.643. The van der Waals surface area contributed by atoms with Gasteiger partial charge in [0.15, 0.2) is 0 Å². The first-order valence-electron chi connectivity index (χ1n) is 6.33. The van der Waals surface area contributed by atoms with Crippen LogP contribution in [0.4, 0.5) is 0 Å². The molecule has 0 aromatic heterocycles. The Labute approximate surface area is 98.4 Å². The molecule has 0 saturated carbocycles. The van der Waals surface area contributed by atoms with E-state index in [-0.39, 0.29) is 5.97 Å². The second kappa shape index (κ2) is 8.14. The predicted molar refractivity (Wildman–Crippen MR) is 65.9 cm³/mol. The molecular weight excluding hydrogens is 200 g/mol. The summed E-state index contributed by atoms with van der Waals surface area (Å²) in [5.74, 6) is 0.594. The smallest absolute Gasteiger partial charge is 0.307 e. The molecular formula is C14H22O2. The summed E-state index contributed by atoms with van der Waals surface area (Å²) in [6.45, 7) is 1.46. The molecule has 0 spiro atoms. The van der Waals surface area contributed by atoms with Crippen LogP contribution in [0.15, 0.2) is 24.0 Å². The minimum absolute atomic E-state index is 0.216. The lowest BCUT2D eigenvalue weighted by molar-refractivity contribution is -0.137. The van der Waals surface area contributed by atoms with Gasteiger partial charge in [0.1, 0.15) is 5.76 Å². The average molecular weight is 222 g/mol. The minimum Gasteiger partial charge on any atom is -0.431 e. The molecule has 0 fully saturated rings. The summed E-state index contributed by atoms with van der Waals surface area (Å²) in [7, 11) is 0. The third kappa shape index (κ3) is 6.44. The van der Waals surface area contributed by atoms with E-state index in [9.17, 15) is 4.79 Å². The molecule has 90 valence electrons. The summed E-state index contributed by atoms with van der Waals surface area (Å²) in [4.78, 5) is 10.9. The van der Waals surface area contributed by atoms with Crippen molar-refractivity contribution >= 4 is 5.97 Å². The summed E-state index contributed by atoms with van der Waals surface area (Å²) in [5.41, 5.74) is 0. The molecule has 2 nitrogen and oxygen atoms in total. The Morgan fingerprint density at radius 2 is 1.81 bits per heavy atom. The number of carbonyl (C=O) groups excluding carboxylic acids is 1. The molecule has 0 amide bonds. The molecule has 2 heteroatoms. The molecule has 1 aliphatic rings. The first kappa shape index (κ1) is 13.0. The minimum atomic E-state index is -0.216. The van der Waals surface area contributed by atoms with Crippen LogP contribution in [-0.2, 0) is 9.53 Å². The molecule has 0 radical (unpaired) electrons. The highest BCUT2D eigenvalue weighted by Crippen LogP contribution is 2.15. The maximum Gasteiger partial charge on any atom is 0.307 e. The lowest BCUT2D eigenvalue weighted by atomic mass is 10.1. The highest BCUT2D eigenvalue weighted by molar-refractivity contribution is 5.67. The van der Waals surface area contributed by atoms with Gasteiger partial charge in [0, 0.05) is 13.3 Å². The van der Waals surface area contributed by atoms with Crippen LogP contribution in [0, 0.1) is 0 Å². The zero-order chi connectivity index (χ0) is 11.6. The Bertz CT molecular complexity index is 264.